The SMILES string of the molecule is C=CCN(CCC)C(=O)[C@@H]1[C@@H]2CCC3(O2)C(C(=O)N(CC=C)c2ccc(N(CC)CC)cc2)N([C@@H](CO)Cc2ccccc2)C(=O)[C@H]13. The van der Waals surface area contributed by atoms with Crippen molar-refractivity contribution < 1.29 is 24.2 Å². The summed E-state index contributed by atoms with van der Waals surface area (Å²) in [5.41, 5.74) is 1.49. The van der Waals surface area contributed by atoms with Gasteiger partial charge in [-0.25, -0.2) is 0 Å². The van der Waals surface area contributed by atoms with Gasteiger partial charge in [0.25, 0.3) is 5.91 Å². The van der Waals surface area contributed by atoms with E-state index in [1.807, 2.05) is 61.5 Å². The van der Waals surface area contributed by atoms with Crippen molar-refractivity contribution >= 4 is 29.1 Å². The molecular formula is C38H50N4O5. The molecule has 2 bridgehead atoms. The molecule has 47 heavy (non-hydrogen) atoms. The lowest BCUT2D eigenvalue weighted by atomic mass is 9.70. The Morgan fingerprint density at radius 2 is 1.66 bits per heavy atom. The molecule has 2 unspecified atom stereocenters. The molecule has 3 aliphatic rings. The smallest absolute Gasteiger partial charge is 0.253 e. The molecule has 6 atom stereocenters. The van der Waals surface area contributed by atoms with Crippen molar-refractivity contribution in [2.24, 2.45) is 11.8 Å². The van der Waals surface area contributed by atoms with Gasteiger partial charge in [-0.15, -0.1) is 13.2 Å². The van der Waals surface area contributed by atoms with Gasteiger partial charge in [0.1, 0.15) is 11.6 Å². The van der Waals surface area contributed by atoms with Crippen LogP contribution >= 0.6 is 0 Å². The number of aliphatic hydroxyl groups is 1. The summed E-state index contributed by atoms with van der Waals surface area (Å²) in [6.45, 7) is 16.5. The molecule has 3 amide bonds. The third-order valence-electron chi connectivity index (χ3n) is 10.2. The molecule has 3 heterocycles. The van der Waals surface area contributed by atoms with E-state index in [9.17, 15) is 14.7 Å². The van der Waals surface area contributed by atoms with Gasteiger partial charge in [0.2, 0.25) is 11.8 Å². The molecule has 2 aromatic rings. The van der Waals surface area contributed by atoms with Gasteiger partial charge in [0.05, 0.1) is 30.6 Å². The number of aliphatic hydroxyl groups excluding tert-OH is 1. The molecule has 252 valence electrons. The van der Waals surface area contributed by atoms with E-state index in [-0.39, 0.29) is 30.9 Å². The molecule has 0 aromatic heterocycles. The van der Waals surface area contributed by atoms with Crippen molar-refractivity contribution in [2.45, 2.75) is 70.2 Å². The van der Waals surface area contributed by atoms with Gasteiger partial charge < -0.3 is 29.4 Å². The van der Waals surface area contributed by atoms with Gasteiger partial charge in [-0.05, 0) is 69.4 Å². The van der Waals surface area contributed by atoms with Crippen LogP contribution in [-0.4, -0.2) is 95.7 Å². The van der Waals surface area contributed by atoms with Crippen molar-refractivity contribution in [1.29, 1.82) is 0 Å². The summed E-state index contributed by atoms with van der Waals surface area (Å²) in [5, 5.41) is 10.8. The molecule has 0 saturated carbocycles. The van der Waals surface area contributed by atoms with E-state index in [1.165, 1.54) is 0 Å². The second kappa shape index (κ2) is 14.9. The van der Waals surface area contributed by atoms with Crippen LogP contribution in [0.2, 0.25) is 0 Å². The summed E-state index contributed by atoms with van der Waals surface area (Å²) < 4.78 is 6.75. The summed E-state index contributed by atoms with van der Waals surface area (Å²) in [5.74, 6) is -2.27. The number of benzene rings is 2. The summed E-state index contributed by atoms with van der Waals surface area (Å²) in [6.07, 6.45) is 5.10. The summed E-state index contributed by atoms with van der Waals surface area (Å²) in [6, 6.07) is 15.8. The number of nitrogens with zero attached hydrogens (tertiary/aromatic N) is 4. The van der Waals surface area contributed by atoms with E-state index >= 15 is 4.79 Å². The van der Waals surface area contributed by atoms with Gasteiger partial charge in [-0.1, -0.05) is 49.4 Å². The maximum atomic E-state index is 15.0. The molecule has 5 rings (SSSR count). The summed E-state index contributed by atoms with van der Waals surface area (Å²) in [7, 11) is 0. The first-order chi connectivity index (χ1) is 22.8. The number of amides is 3. The molecule has 1 spiro atoms. The van der Waals surface area contributed by atoms with Gasteiger partial charge in [0, 0.05) is 44.1 Å². The Balaban J connectivity index is 1.58. The fourth-order valence-corrected chi connectivity index (χ4v) is 8.14. The third kappa shape index (κ3) is 6.23. The number of likely N-dealkylation sites (tertiary alicyclic amines) is 1. The van der Waals surface area contributed by atoms with Crippen LogP contribution in [0.15, 0.2) is 79.9 Å². The van der Waals surface area contributed by atoms with Crippen LogP contribution in [0.3, 0.4) is 0 Å². The topological polar surface area (TPSA) is 93.6 Å². The normalized spacial score (nSPS) is 24.9. The van der Waals surface area contributed by atoms with Crippen LogP contribution in [0.5, 0.6) is 0 Å². The highest BCUT2D eigenvalue weighted by Gasteiger charge is 2.75. The molecule has 1 N–H and O–H groups in total. The van der Waals surface area contributed by atoms with Crippen molar-refractivity contribution in [3.05, 3.63) is 85.5 Å². The standard InChI is InChI=1S/C38H50N4O5/c1-6-22-40(23-7-2)35(44)32-31-20-21-38(47-31)33(32)36(45)42(30(26-43)25-27-14-12-11-13-15-27)34(38)37(46)41(24-8-3)29-18-16-28(17-19-29)39(9-4)10-5/h6,8,11-19,30-34,43H,1,3,7,9-10,20-26H2,2,4-5H3/t30-,31+,32-,33+,34?,38?/m1/s1. The number of hydrogen-bond donors (Lipinski definition) is 1. The van der Waals surface area contributed by atoms with Crippen LogP contribution < -0.4 is 9.80 Å². The molecule has 9 nitrogen and oxygen atoms in total. The zero-order valence-corrected chi connectivity index (χ0v) is 28.1. The fraction of sp³-hybridized carbons (Fsp3) is 0.500. The van der Waals surface area contributed by atoms with E-state index in [2.05, 4.69) is 31.9 Å². The van der Waals surface area contributed by atoms with E-state index in [0.29, 0.717) is 38.0 Å². The predicted octanol–water partition coefficient (Wildman–Crippen LogP) is 4.45. The number of carbonyl (C=O) groups excluding carboxylic acids is 3. The molecule has 0 aliphatic carbocycles. The molecule has 3 saturated heterocycles. The number of ether oxygens (including phenoxy) is 1. The average molecular weight is 643 g/mol. The van der Waals surface area contributed by atoms with Crippen LogP contribution in [0.25, 0.3) is 0 Å². The Kier molecular flexibility index (Phi) is 10.9. The second-order valence-corrected chi connectivity index (χ2v) is 12.8. The van der Waals surface area contributed by atoms with Crippen LogP contribution in [0.4, 0.5) is 11.4 Å². The van der Waals surface area contributed by atoms with Crippen LogP contribution in [0, 0.1) is 11.8 Å². The summed E-state index contributed by atoms with van der Waals surface area (Å²) >= 11 is 0. The first-order valence-electron chi connectivity index (χ1n) is 17.1. The minimum absolute atomic E-state index is 0.136. The van der Waals surface area contributed by atoms with Crippen molar-refractivity contribution in [3.63, 3.8) is 0 Å². The average Bonchev–Trinajstić information content (AvgIpc) is 3.74. The Bertz CT molecular complexity index is 1430. The second-order valence-electron chi connectivity index (χ2n) is 12.8. The number of hydrogen-bond acceptors (Lipinski definition) is 6. The minimum atomic E-state index is -1.18. The quantitative estimate of drug-likeness (QED) is 0.272. The molecule has 9 heteroatoms. The van der Waals surface area contributed by atoms with Crippen molar-refractivity contribution in [1.82, 2.24) is 9.80 Å². The lowest BCUT2D eigenvalue weighted by molar-refractivity contribution is -0.147. The van der Waals surface area contributed by atoms with Gasteiger partial charge in [-0.2, -0.15) is 0 Å². The van der Waals surface area contributed by atoms with Crippen molar-refractivity contribution in [2.75, 3.05) is 49.1 Å². The Morgan fingerprint density at radius 1 is 1.00 bits per heavy atom. The lowest BCUT2D eigenvalue weighted by Crippen LogP contribution is -2.59. The number of rotatable bonds is 16. The fourth-order valence-electron chi connectivity index (χ4n) is 8.14. The zero-order valence-electron chi connectivity index (χ0n) is 28.1. The maximum Gasteiger partial charge on any atom is 0.253 e. The van der Waals surface area contributed by atoms with E-state index < -0.39 is 35.6 Å². The molecule has 2 aromatic carbocycles. The Morgan fingerprint density at radius 3 is 2.26 bits per heavy atom. The highest BCUT2D eigenvalue weighted by Crippen LogP contribution is 2.59. The van der Waals surface area contributed by atoms with Crippen LogP contribution in [-0.2, 0) is 25.5 Å². The lowest BCUT2D eigenvalue weighted by Gasteiger charge is -2.39. The van der Waals surface area contributed by atoms with E-state index in [4.69, 9.17) is 4.74 Å². The first kappa shape index (κ1) is 34.4. The van der Waals surface area contributed by atoms with Crippen LogP contribution in [0.1, 0.15) is 45.6 Å². The molecule has 0 radical (unpaired) electrons. The first-order valence-corrected chi connectivity index (χ1v) is 17.1. The summed E-state index contributed by atoms with van der Waals surface area (Å²) in [4.78, 5) is 51.2. The third-order valence-corrected chi connectivity index (χ3v) is 10.2. The number of carbonyl (C=O) groups is 3. The Labute approximate surface area is 279 Å². The highest BCUT2D eigenvalue weighted by molar-refractivity contribution is 6.05. The molecular weight excluding hydrogens is 592 g/mol. The Hall–Kier alpha value is -3.95. The van der Waals surface area contributed by atoms with Crippen molar-refractivity contribution in [3.8, 4) is 0 Å². The van der Waals surface area contributed by atoms with E-state index in [1.54, 1.807) is 26.9 Å². The van der Waals surface area contributed by atoms with E-state index in [0.717, 1.165) is 30.8 Å². The minimum Gasteiger partial charge on any atom is -0.394 e. The maximum absolute atomic E-state index is 15.0. The molecule has 3 aliphatic heterocycles. The molecule has 3 fully saturated rings. The van der Waals surface area contributed by atoms with Gasteiger partial charge in [0.15, 0.2) is 0 Å². The highest BCUT2D eigenvalue weighted by atomic mass is 16.5. The largest absolute Gasteiger partial charge is 0.394 e. The number of anilines is 2. The van der Waals surface area contributed by atoms with Gasteiger partial charge in [-0.3, -0.25) is 14.4 Å². The number of fused-ring (bicyclic) bond motifs is 1. The monoisotopic (exact) mass is 642 g/mol. The zero-order chi connectivity index (χ0) is 33.7. The van der Waals surface area contributed by atoms with Gasteiger partial charge >= 0.3 is 0 Å². The predicted molar refractivity (Wildman–Crippen MR) is 185 cm³/mol.